The lowest BCUT2D eigenvalue weighted by Crippen LogP contribution is -2.74. The van der Waals surface area contributed by atoms with Gasteiger partial charge in [-0.05, 0) is 18.4 Å². The zero-order chi connectivity index (χ0) is 53.4. The van der Waals surface area contributed by atoms with Gasteiger partial charge in [-0.25, -0.2) is 0 Å². The Hall–Kier alpha value is -2.66. The molecule has 0 aliphatic heterocycles. The lowest BCUT2D eigenvalue weighted by atomic mass is 9.88. The lowest BCUT2D eigenvalue weighted by Gasteiger charge is -2.42. The Balaban J connectivity index is 3.23. The topological polar surface area (TPSA) is 20.2 Å². The van der Waals surface area contributed by atoms with Crippen molar-refractivity contribution in [3.63, 3.8) is 0 Å². The first-order valence-electron chi connectivity index (χ1n) is 15.9. The summed E-state index contributed by atoms with van der Waals surface area (Å²) in [5.74, 6) is -123. The van der Waals surface area contributed by atoms with E-state index in [1.165, 1.54) is 0 Å². The second kappa shape index (κ2) is 17.6. The Labute approximate surface area is 350 Å². The van der Waals surface area contributed by atoms with Gasteiger partial charge in [-0.3, -0.25) is 0 Å². The highest BCUT2D eigenvalue weighted by atomic mass is 32.2. The minimum absolute atomic E-state index is 0.167. The molecule has 1 nitrogen and oxygen atoms in total. The van der Waals surface area contributed by atoms with Crippen LogP contribution in [-0.2, 0) is 11.5 Å². The Morgan fingerprint density at radius 1 is 0.333 bits per heavy atom. The third-order valence-corrected chi connectivity index (χ3v) is 10.6. The van der Waals surface area contributed by atoms with E-state index in [0.717, 1.165) is 19.1 Å². The van der Waals surface area contributed by atoms with Crippen LogP contribution in [0.15, 0.2) is 12.1 Å². The highest BCUT2D eigenvalue weighted by Gasteiger charge is 2.96. The number of thioether (sulfide) groups is 2. The fraction of sp³-hybridized carbons (Fsp3) is 0.793. The van der Waals surface area contributed by atoms with Gasteiger partial charge in [-0.2, -0.15) is 173 Å². The Bertz CT molecular complexity index is 1720. The van der Waals surface area contributed by atoms with Gasteiger partial charge in [0.1, 0.15) is 5.75 Å². The second-order valence-corrected chi connectivity index (χ2v) is 15.5. The van der Waals surface area contributed by atoms with E-state index in [9.17, 15) is 154 Å². The molecule has 0 spiro atoms. The summed E-state index contributed by atoms with van der Waals surface area (Å²) in [6.07, 6.45) is -21.8. The van der Waals surface area contributed by atoms with E-state index in [4.69, 9.17) is 0 Å². The summed E-state index contributed by atoms with van der Waals surface area (Å²) >= 11 is -0.516. The van der Waals surface area contributed by atoms with Crippen molar-refractivity contribution in [1.29, 1.82) is 0 Å². The minimum Gasteiger partial charge on any atom is -0.507 e. The summed E-state index contributed by atoms with van der Waals surface area (Å²) in [4.78, 5) is 0. The monoisotopic (exact) mass is 1090 g/mol. The molecule has 0 heterocycles. The molecule has 1 N–H and O–H groups in total. The molecule has 0 bridgehead atoms. The van der Waals surface area contributed by atoms with Crippen molar-refractivity contribution in [2.24, 2.45) is 0 Å². The predicted octanol–water partition coefficient (Wildman–Crippen LogP) is 15.0. The molecule has 1 aromatic rings. The molecule has 0 fully saturated rings. The van der Waals surface area contributed by atoms with Crippen molar-refractivity contribution in [2.45, 2.75) is 127 Å². The van der Waals surface area contributed by atoms with Crippen LogP contribution < -0.4 is 0 Å². The van der Waals surface area contributed by atoms with Gasteiger partial charge in [0.25, 0.3) is 0 Å². The fourth-order valence-corrected chi connectivity index (χ4v) is 6.60. The van der Waals surface area contributed by atoms with E-state index in [2.05, 4.69) is 0 Å². The maximum absolute atomic E-state index is 14.2. The molecule has 0 amide bonds. The molecule has 0 aromatic heterocycles. The Kier molecular flexibility index (Phi) is 16.4. The molecule has 37 heteroatoms. The van der Waals surface area contributed by atoms with Crippen molar-refractivity contribution in [2.75, 3.05) is 11.5 Å². The predicted molar refractivity (Wildman–Crippen MR) is 156 cm³/mol. The van der Waals surface area contributed by atoms with Crippen molar-refractivity contribution >= 4 is 23.5 Å². The molecular formula is C29H18F34OS2. The first-order valence-corrected chi connectivity index (χ1v) is 18.2. The lowest BCUT2D eigenvalue weighted by molar-refractivity contribution is -0.461. The number of halogens is 34. The van der Waals surface area contributed by atoms with Crippen LogP contribution in [0, 0.1) is 6.92 Å². The summed E-state index contributed by atoms with van der Waals surface area (Å²) in [7, 11) is 0. The normalized spacial score (nSPS) is 16.0. The molecule has 0 radical (unpaired) electrons. The molecule has 390 valence electrons. The average molecular weight is 1090 g/mol. The van der Waals surface area contributed by atoms with E-state index >= 15 is 0 Å². The largest absolute Gasteiger partial charge is 0.507 e. The molecular weight excluding hydrogens is 1070 g/mol. The first-order chi connectivity index (χ1) is 28.5. The van der Waals surface area contributed by atoms with Gasteiger partial charge >= 0.3 is 95.3 Å². The number of alkyl halides is 34. The average Bonchev–Trinajstić information content (AvgIpc) is 3.11. The summed E-state index contributed by atoms with van der Waals surface area (Å²) in [5.41, 5.74) is -1.50. The number of rotatable bonds is 22. The SMILES string of the molecule is Cc1cc(CSCCC(F)(F)C(F)(F)C(F)(F)C(F)(F)C(F)(F)C(F)(F)C(F)(F)C(F)(F)F)c(O)c(CSCCC(F)(F)C(F)(F)C(F)(F)C(F)(F)C(F)(F)C(F)(F)C(F)(F)C(F)(F)F)c1. The standard InChI is InChI=1S/C29H18F34OS2/c1-10-6-11(8-65-4-2-14(30,31)16(34,35)18(38,39)20(42,43)22(46,47)24(50,51)26(54,55)28(58,59)60)13(64)12(7-10)9-66-5-3-15(32,33)17(36,37)19(40,41)21(44,45)23(48,49)25(52,53)27(56,57)29(61,62)63/h6-7,64H,2-5,8-9H2,1H3. The number of phenols is 1. The third kappa shape index (κ3) is 9.26. The molecule has 0 saturated carbocycles. The summed E-state index contributed by atoms with van der Waals surface area (Å²) in [5, 5.41) is 10.3. The van der Waals surface area contributed by atoms with E-state index in [0.29, 0.717) is 0 Å². The fourth-order valence-electron chi connectivity index (χ4n) is 4.63. The van der Waals surface area contributed by atoms with Gasteiger partial charge in [-0.1, -0.05) is 17.7 Å². The second-order valence-electron chi connectivity index (χ2n) is 13.3. The van der Waals surface area contributed by atoms with E-state index in [-0.39, 0.29) is 29.1 Å². The highest BCUT2D eigenvalue weighted by Crippen LogP contribution is 2.66. The Morgan fingerprint density at radius 3 is 0.742 bits per heavy atom. The first kappa shape index (κ1) is 61.4. The van der Waals surface area contributed by atoms with Crippen LogP contribution in [0.4, 0.5) is 149 Å². The molecule has 0 aliphatic rings. The van der Waals surface area contributed by atoms with Crippen LogP contribution in [0.5, 0.6) is 5.75 Å². The van der Waals surface area contributed by atoms with Crippen LogP contribution in [-0.4, -0.2) is 112 Å². The number of benzene rings is 1. The molecule has 66 heavy (non-hydrogen) atoms. The molecule has 0 aliphatic carbocycles. The van der Waals surface area contributed by atoms with Crippen LogP contribution in [0.1, 0.15) is 29.5 Å². The number of aromatic hydroxyl groups is 1. The number of hydrogen-bond donors (Lipinski definition) is 1. The molecule has 1 aromatic carbocycles. The van der Waals surface area contributed by atoms with Gasteiger partial charge in [0.2, 0.25) is 0 Å². The van der Waals surface area contributed by atoms with Crippen molar-refractivity contribution in [3.8, 4) is 5.75 Å². The van der Waals surface area contributed by atoms with Crippen LogP contribution in [0.3, 0.4) is 0 Å². The molecule has 0 saturated heterocycles. The van der Waals surface area contributed by atoms with Crippen molar-refractivity contribution in [3.05, 3.63) is 28.8 Å². The number of aryl methyl sites for hydroxylation is 1. The molecule has 1 rings (SSSR count). The number of phenolic OH excluding ortho intramolecular Hbond substituents is 1. The summed E-state index contributed by atoms with van der Waals surface area (Å²) < 4.78 is 458. The minimum atomic E-state index is -8.88. The maximum Gasteiger partial charge on any atom is 0.460 e. The van der Waals surface area contributed by atoms with Gasteiger partial charge in [-0.15, -0.1) is 0 Å². The van der Waals surface area contributed by atoms with Gasteiger partial charge in [0.15, 0.2) is 0 Å². The van der Waals surface area contributed by atoms with Gasteiger partial charge in [0, 0.05) is 35.5 Å². The van der Waals surface area contributed by atoms with Crippen LogP contribution in [0.2, 0.25) is 0 Å². The van der Waals surface area contributed by atoms with E-state index < -0.39 is 148 Å². The summed E-state index contributed by atoms with van der Waals surface area (Å²) in [6, 6.07) is 1.55. The smallest absolute Gasteiger partial charge is 0.460 e. The molecule has 0 unspecified atom stereocenters. The Morgan fingerprint density at radius 2 is 0.530 bits per heavy atom. The van der Waals surface area contributed by atoms with Gasteiger partial charge < -0.3 is 5.11 Å². The zero-order valence-corrected chi connectivity index (χ0v) is 32.1. The highest BCUT2D eigenvalue weighted by molar-refractivity contribution is 7.98. The number of hydrogen-bond acceptors (Lipinski definition) is 3. The third-order valence-electron chi connectivity index (χ3n) is 8.62. The van der Waals surface area contributed by atoms with Crippen molar-refractivity contribution < 1.29 is 154 Å². The quantitative estimate of drug-likeness (QED) is 0.0923. The van der Waals surface area contributed by atoms with Gasteiger partial charge in [0.05, 0.1) is 0 Å². The maximum atomic E-state index is 14.2. The van der Waals surface area contributed by atoms with E-state index in [1.807, 2.05) is 0 Å². The molecule has 0 atom stereocenters. The summed E-state index contributed by atoms with van der Waals surface area (Å²) in [6.45, 7) is 1.00. The van der Waals surface area contributed by atoms with E-state index in [1.54, 1.807) is 0 Å². The van der Waals surface area contributed by atoms with Crippen molar-refractivity contribution in [1.82, 2.24) is 0 Å². The van der Waals surface area contributed by atoms with Crippen LogP contribution >= 0.6 is 23.5 Å². The van der Waals surface area contributed by atoms with Crippen LogP contribution in [0.25, 0.3) is 0 Å². The zero-order valence-electron chi connectivity index (χ0n) is 30.5.